The molecule has 0 fully saturated rings. The molecule has 0 unspecified atom stereocenters. The van der Waals surface area contributed by atoms with Crippen molar-refractivity contribution in [2.24, 2.45) is 0 Å². The van der Waals surface area contributed by atoms with Crippen molar-refractivity contribution < 1.29 is 5.11 Å². The van der Waals surface area contributed by atoms with Crippen molar-refractivity contribution in [1.29, 1.82) is 0 Å². The first-order valence-corrected chi connectivity index (χ1v) is 15.6. The summed E-state index contributed by atoms with van der Waals surface area (Å²) in [5.74, 6) is 0.648. The van der Waals surface area contributed by atoms with Gasteiger partial charge in [-0.05, 0) is 40.8 Å². The molecule has 3 heterocycles. The van der Waals surface area contributed by atoms with Crippen molar-refractivity contribution in [2.75, 3.05) is 19.0 Å². The van der Waals surface area contributed by atoms with E-state index >= 15 is 0 Å². The van der Waals surface area contributed by atoms with E-state index in [9.17, 15) is 5.11 Å². The molecule has 3 aromatic heterocycles. The first kappa shape index (κ1) is 29.8. The first-order valence-electron chi connectivity index (χ1n) is 15.6. The lowest BCUT2D eigenvalue weighted by Crippen LogP contribution is -2.38. The highest BCUT2D eigenvalue weighted by Crippen LogP contribution is 2.42. The van der Waals surface area contributed by atoms with Gasteiger partial charge in [-0.15, -0.1) is 5.10 Å². The van der Waals surface area contributed by atoms with Crippen molar-refractivity contribution in [3.8, 4) is 0 Å². The second kappa shape index (κ2) is 12.9. The van der Waals surface area contributed by atoms with E-state index in [1.54, 1.807) is 6.08 Å². The smallest absolute Gasteiger partial charge is 0.182 e. The fourth-order valence-corrected chi connectivity index (χ4v) is 6.43. The molecular weight excluding hydrogens is 582 g/mol. The van der Waals surface area contributed by atoms with Crippen molar-refractivity contribution in [2.45, 2.75) is 19.0 Å². The first-order chi connectivity index (χ1) is 23.1. The van der Waals surface area contributed by atoms with Gasteiger partial charge in [-0.25, -0.2) is 9.67 Å². The van der Waals surface area contributed by atoms with E-state index in [2.05, 4.69) is 78.0 Å². The summed E-state index contributed by atoms with van der Waals surface area (Å²) in [6.07, 6.45) is 5.62. The molecule has 8 heteroatoms. The molecule has 7 rings (SSSR count). The van der Waals surface area contributed by atoms with Crippen LogP contribution in [0, 0.1) is 6.92 Å². The summed E-state index contributed by atoms with van der Waals surface area (Å²) in [6, 6.07) is 41.4. The molecule has 2 N–H and O–H groups in total. The van der Waals surface area contributed by atoms with E-state index in [0.717, 1.165) is 39.0 Å². The average Bonchev–Trinajstić information content (AvgIpc) is 3.76. The topological polar surface area (TPSA) is 93.7 Å². The molecule has 0 aliphatic rings. The maximum atomic E-state index is 10.2. The maximum absolute atomic E-state index is 10.2. The second-order valence-electron chi connectivity index (χ2n) is 11.5. The number of aryl methyl sites for hydroxylation is 1. The minimum atomic E-state index is -0.894. The highest BCUT2D eigenvalue weighted by molar-refractivity contribution is 5.94. The van der Waals surface area contributed by atoms with E-state index in [4.69, 9.17) is 15.3 Å². The summed E-state index contributed by atoms with van der Waals surface area (Å²) in [5.41, 5.74) is 8.19. The predicted molar refractivity (Wildman–Crippen MR) is 186 cm³/mol. The van der Waals surface area contributed by atoms with E-state index in [1.807, 2.05) is 89.5 Å². The number of rotatable bonds is 10. The normalized spacial score (nSPS) is 12.0. The van der Waals surface area contributed by atoms with Gasteiger partial charge in [0, 0.05) is 24.4 Å². The molecule has 0 saturated carbocycles. The SMILES string of the molecule is CNc1cc(/C(=C/CO)c2cnn(Cc3cccc(C)c3)c2)c2nnn(C(c3ccccc3)(c3ccccc3)c3ccccc3)c2n1. The fourth-order valence-electron chi connectivity index (χ4n) is 6.43. The summed E-state index contributed by atoms with van der Waals surface area (Å²) in [6.45, 7) is 2.56. The van der Waals surface area contributed by atoms with Gasteiger partial charge in [0.25, 0.3) is 0 Å². The van der Waals surface area contributed by atoms with Gasteiger partial charge in [0.05, 0.1) is 19.3 Å². The molecule has 7 aromatic rings. The summed E-state index contributed by atoms with van der Waals surface area (Å²) < 4.78 is 3.85. The lowest BCUT2D eigenvalue weighted by molar-refractivity contribution is 0.343. The van der Waals surface area contributed by atoms with Gasteiger partial charge in [0.2, 0.25) is 0 Å². The molecule has 4 aromatic carbocycles. The van der Waals surface area contributed by atoms with Crippen LogP contribution in [0.3, 0.4) is 0 Å². The van der Waals surface area contributed by atoms with Gasteiger partial charge < -0.3 is 10.4 Å². The third-order valence-corrected chi connectivity index (χ3v) is 8.51. The van der Waals surface area contributed by atoms with Gasteiger partial charge in [0.15, 0.2) is 5.65 Å². The standard InChI is InChI=1S/C39H35N7O/c1-28-13-12-14-29(23-28)26-45-27-30(25-41-45)34(21-22-47)35-24-36(40-2)42-38-37(35)43-44-46(38)39(31-15-6-3-7-16-31,32-17-8-4-9-18-32)33-19-10-5-11-20-33/h3-21,23-25,27,47H,22,26H2,1-2H3,(H,40,42)/b34-21+. The number of nitrogens with zero attached hydrogens (tertiary/aromatic N) is 6. The molecule has 0 spiro atoms. The number of hydrogen-bond donors (Lipinski definition) is 2. The number of benzene rings is 4. The number of hydrogen-bond acceptors (Lipinski definition) is 6. The Morgan fingerprint density at radius 3 is 2.04 bits per heavy atom. The minimum Gasteiger partial charge on any atom is -0.392 e. The van der Waals surface area contributed by atoms with Crippen molar-refractivity contribution >= 4 is 22.6 Å². The number of aromatic nitrogens is 6. The number of fused-ring (bicyclic) bond motifs is 1. The number of anilines is 1. The fraction of sp³-hybridized carbons (Fsp3) is 0.128. The maximum Gasteiger partial charge on any atom is 0.182 e. The van der Waals surface area contributed by atoms with Crippen LogP contribution in [0.5, 0.6) is 0 Å². The Hall–Kier alpha value is -5.86. The molecule has 0 aliphatic heterocycles. The van der Waals surface area contributed by atoms with Gasteiger partial charge in [0.1, 0.15) is 16.9 Å². The summed E-state index contributed by atoms with van der Waals surface area (Å²) in [7, 11) is 1.85. The molecule has 0 atom stereocenters. The van der Waals surface area contributed by atoms with Crippen LogP contribution >= 0.6 is 0 Å². The van der Waals surface area contributed by atoms with Crippen LogP contribution in [0.15, 0.2) is 140 Å². The molecule has 0 radical (unpaired) electrons. The summed E-state index contributed by atoms with van der Waals surface area (Å²) in [5, 5.41) is 27.9. The van der Waals surface area contributed by atoms with Crippen LogP contribution < -0.4 is 5.32 Å². The van der Waals surface area contributed by atoms with Crippen LogP contribution in [0.25, 0.3) is 16.7 Å². The highest BCUT2D eigenvalue weighted by Gasteiger charge is 2.41. The van der Waals surface area contributed by atoms with Gasteiger partial charge in [-0.2, -0.15) is 5.10 Å². The van der Waals surface area contributed by atoms with Crippen LogP contribution in [-0.4, -0.2) is 48.5 Å². The average molecular weight is 618 g/mol. The van der Waals surface area contributed by atoms with Crippen molar-refractivity contribution in [3.05, 3.63) is 179 Å². The second-order valence-corrected chi connectivity index (χ2v) is 11.5. The minimum absolute atomic E-state index is 0.160. The third kappa shape index (κ3) is 5.49. The van der Waals surface area contributed by atoms with E-state index < -0.39 is 5.54 Å². The number of aliphatic hydroxyl groups excluding tert-OH is 1. The van der Waals surface area contributed by atoms with Crippen LogP contribution in [0.2, 0.25) is 0 Å². The van der Waals surface area contributed by atoms with E-state index in [0.29, 0.717) is 23.5 Å². The summed E-state index contributed by atoms with van der Waals surface area (Å²) >= 11 is 0. The number of aliphatic hydroxyl groups is 1. The largest absolute Gasteiger partial charge is 0.392 e. The van der Waals surface area contributed by atoms with E-state index in [1.165, 1.54) is 5.56 Å². The quantitative estimate of drug-likeness (QED) is 0.166. The zero-order valence-corrected chi connectivity index (χ0v) is 26.3. The van der Waals surface area contributed by atoms with Crippen LogP contribution in [0.1, 0.15) is 38.9 Å². The Labute approximate surface area is 273 Å². The Kier molecular flexibility index (Phi) is 8.16. The van der Waals surface area contributed by atoms with Crippen LogP contribution in [0.4, 0.5) is 5.82 Å². The Bertz CT molecular complexity index is 2060. The Morgan fingerprint density at radius 1 is 0.830 bits per heavy atom. The third-order valence-electron chi connectivity index (χ3n) is 8.51. The lowest BCUT2D eigenvalue weighted by atomic mass is 9.77. The molecule has 0 aliphatic carbocycles. The highest BCUT2D eigenvalue weighted by atomic mass is 16.2. The summed E-state index contributed by atoms with van der Waals surface area (Å²) in [4.78, 5) is 5.08. The zero-order valence-electron chi connectivity index (χ0n) is 26.3. The van der Waals surface area contributed by atoms with Gasteiger partial charge >= 0.3 is 0 Å². The molecule has 47 heavy (non-hydrogen) atoms. The van der Waals surface area contributed by atoms with Gasteiger partial charge in [-0.1, -0.05) is 132 Å². The molecule has 0 saturated heterocycles. The molecule has 0 amide bonds. The lowest BCUT2D eigenvalue weighted by Gasteiger charge is -2.36. The molecular formula is C39H35N7O. The predicted octanol–water partition coefficient (Wildman–Crippen LogP) is 6.69. The molecule has 8 nitrogen and oxygen atoms in total. The van der Waals surface area contributed by atoms with Crippen molar-refractivity contribution in [1.82, 2.24) is 29.8 Å². The number of nitrogens with one attached hydrogen (secondary N) is 1. The molecule has 232 valence electrons. The monoisotopic (exact) mass is 617 g/mol. The van der Waals surface area contributed by atoms with Crippen LogP contribution in [-0.2, 0) is 12.1 Å². The van der Waals surface area contributed by atoms with E-state index in [-0.39, 0.29) is 6.61 Å². The molecule has 0 bridgehead atoms. The van der Waals surface area contributed by atoms with Gasteiger partial charge in [-0.3, -0.25) is 4.68 Å². The zero-order chi connectivity index (χ0) is 32.2. The van der Waals surface area contributed by atoms with Crippen molar-refractivity contribution in [3.63, 3.8) is 0 Å². The Morgan fingerprint density at radius 2 is 1.47 bits per heavy atom. The Balaban J connectivity index is 1.45. The number of pyridine rings is 1.